The second-order valence-electron chi connectivity index (χ2n) is 14.8. The Morgan fingerprint density at radius 3 is 0.756 bits per heavy atom. The van der Waals surface area contributed by atoms with Crippen LogP contribution in [0.1, 0.15) is 227 Å². The quantitative estimate of drug-likeness (QED) is 0.0677. The lowest BCUT2D eigenvalue weighted by molar-refractivity contribution is 0.254. The maximum absolute atomic E-state index is 2.85. The fourth-order valence-electron chi connectivity index (χ4n) is 6.41. The Kier molecular flexibility index (Phi) is 34.4. The van der Waals surface area contributed by atoms with Crippen LogP contribution in [-0.4, -0.2) is 24.5 Å². The van der Waals surface area contributed by atoms with Crippen LogP contribution in [-0.2, 0) is 0 Å². The van der Waals surface area contributed by atoms with Gasteiger partial charge in [0.1, 0.15) is 0 Å². The Bertz CT molecular complexity index is 424. The van der Waals surface area contributed by atoms with E-state index in [0.29, 0.717) is 0 Å². The van der Waals surface area contributed by atoms with E-state index in [1.54, 1.807) is 0 Å². The van der Waals surface area contributed by atoms with Gasteiger partial charge in [-0.1, -0.05) is 208 Å². The molecule has 0 spiro atoms. The number of rotatable bonds is 35. The number of unbranched alkanes of at least 4 members (excludes halogenated alkanes) is 25. The highest BCUT2D eigenvalue weighted by Crippen LogP contribution is 2.16. The number of hydrogen-bond donors (Lipinski definition) is 0. The monoisotopic (exact) mass is 578 g/mol. The van der Waals surface area contributed by atoms with Gasteiger partial charge < -0.3 is 4.90 Å². The summed E-state index contributed by atoms with van der Waals surface area (Å²) in [4.78, 5) is 2.85. The Morgan fingerprint density at radius 2 is 0.512 bits per heavy atom. The van der Waals surface area contributed by atoms with Crippen LogP contribution in [0.5, 0.6) is 0 Å². The van der Waals surface area contributed by atoms with Crippen molar-refractivity contribution in [3.63, 3.8) is 0 Å². The molecule has 0 saturated carbocycles. The first-order chi connectivity index (χ1) is 20.1. The van der Waals surface area contributed by atoms with Crippen molar-refractivity contribution < 1.29 is 0 Å². The summed E-state index contributed by atoms with van der Waals surface area (Å²) in [6, 6.07) is 0. The zero-order valence-corrected chi connectivity index (χ0v) is 29.9. The van der Waals surface area contributed by atoms with Gasteiger partial charge in [0.2, 0.25) is 0 Å². The van der Waals surface area contributed by atoms with E-state index in [1.807, 2.05) is 0 Å². The molecule has 0 aromatic carbocycles. The molecular weight excluding hydrogens is 494 g/mol. The molecule has 0 fully saturated rings. The van der Waals surface area contributed by atoms with E-state index in [-0.39, 0.29) is 0 Å². The van der Waals surface area contributed by atoms with E-state index in [0.717, 1.165) is 11.8 Å². The van der Waals surface area contributed by atoms with Crippen LogP contribution in [0.4, 0.5) is 0 Å². The molecule has 0 bridgehead atoms. The summed E-state index contributed by atoms with van der Waals surface area (Å²) in [5.74, 6) is 1.78. The van der Waals surface area contributed by atoms with E-state index in [4.69, 9.17) is 0 Å². The van der Waals surface area contributed by atoms with Crippen molar-refractivity contribution in [3.8, 4) is 0 Å². The second-order valence-corrected chi connectivity index (χ2v) is 14.8. The SMILES string of the molecule is CCCCCCCCCCN(CCCCCCCCCCCCC(C)C)CCCCCCCCCCCCC(C)C. The summed E-state index contributed by atoms with van der Waals surface area (Å²) < 4.78 is 0. The molecule has 0 aliphatic carbocycles. The lowest BCUT2D eigenvalue weighted by Gasteiger charge is -2.22. The molecule has 0 aromatic rings. The van der Waals surface area contributed by atoms with Crippen molar-refractivity contribution in [2.45, 2.75) is 227 Å². The van der Waals surface area contributed by atoms with Crippen LogP contribution in [0.25, 0.3) is 0 Å². The molecular formula is C40H83N. The zero-order valence-electron chi connectivity index (χ0n) is 29.9. The molecule has 248 valence electrons. The average molecular weight is 578 g/mol. The lowest BCUT2D eigenvalue weighted by atomic mass is 10.0. The van der Waals surface area contributed by atoms with Crippen molar-refractivity contribution >= 4 is 0 Å². The fourth-order valence-corrected chi connectivity index (χ4v) is 6.41. The Morgan fingerprint density at radius 1 is 0.293 bits per heavy atom. The normalized spacial score (nSPS) is 12.0. The first kappa shape index (κ1) is 41.0. The highest BCUT2D eigenvalue weighted by atomic mass is 15.1. The van der Waals surface area contributed by atoms with Gasteiger partial charge in [0.25, 0.3) is 0 Å². The van der Waals surface area contributed by atoms with Gasteiger partial charge in [-0.3, -0.25) is 0 Å². The standard InChI is InChI=1S/C40H83N/c1-6-7-8-9-10-21-26-31-36-41(37-32-27-22-17-13-11-15-19-24-29-34-39(2)3)38-33-28-23-18-14-12-16-20-25-30-35-40(4)5/h39-40H,6-38H2,1-5H3. The van der Waals surface area contributed by atoms with E-state index < -0.39 is 0 Å². The van der Waals surface area contributed by atoms with Gasteiger partial charge in [0, 0.05) is 0 Å². The Balaban J connectivity index is 3.86. The first-order valence-electron chi connectivity index (χ1n) is 19.8. The minimum Gasteiger partial charge on any atom is -0.303 e. The summed E-state index contributed by atoms with van der Waals surface area (Å²) in [6.45, 7) is 15.8. The van der Waals surface area contributed by atoms with Gasteiger partial charge >= 0.3 is 0 Å². The van der Waals surface area contributed by atoms with Gasteiger partial charge in [0.05, 0.1) is 0 Å². The van der Waals surface area contributed by atoms with Crippen LogP contribution in [0.3, 0.4) is 0 Å². The molecule has 0 atom stereocenters. The molecule has 0 aliphatic rings. The van der Waals surface area contributed by atoms with E-state index in [1.165, 1.54) is 212 Å². The first-order valence-corrected chi connectivity index (χ1v) is 19.8. The maximum Gasteiger partial charge on any atom is -0.00187 e. The van der Waals surface area contributed by atoms with Crippen molar-refractivity contribution in [2.24, 2.45) is 11.8 Å². The molecule has 41 heavy (non-hydrogen) atoms. The predicted octanol–water partition coefficient (Wildman–Crippen LogP) is 14.3. The van der Waals surface area contributed by atoms with E-state index >= 15 is 0 Å². The van der Waals surface area contributed by atoms with Crippen LogP contribution >= 0.6 is 0 Å². The molecule has 0 saturated heterocycles. The third-order valence-electron chi connectivity index (χ3n) is 9.34. The lowest BCUT2D eigenvalue weighted by Crippen LogP contribution is -2.27. The predicted molar refractivity (Wildman–Crippen MR) is 190 cm³/mol. The van der Waals surface area contributed by atoms with Crippen LogP contribution in [0, 0.1) is 11.8 Å². The largest absolute Gasteiger partial charge is 0.303 e. The van der Waals surface area contributed by atoms with Crippen LogP contribution in [0.15, 0.2) is 0 Å². The number of hydrogen-bond acceptors (Lipinski definition) is 1. The minimum absolute atomic E-state index is 0.889. The van der Waals surface area contributed by atoms with Crippen LogP contribution < -0.4 is 0 Å². The van der Waals surface area contributed by atoms with Gasteiger partial charge in [-0.05, 0) is 50.7 Å². The molecule has 0 N–H and O–H groups in total. The molecule has 1 nitrogen and oxygen atoms in total. The zero-order chi connectivity index (χ0) is 30.1. The highest BCUT2D eigenvalue weighted by molar-refractivity contribution is 4.61. The molecule has 0 heterocycles. The summed E-state index contributed by atoms with van der Waals surface area (Å²) in [5, 5.41) is 0. The smallest absolute Gasteiger partial charge is 0.00187 e. The minimum atomic E-state index is 0.889. The fraction of sp³-hybridized carbons (Fsp3) is 1.00. The van der Waals surface area contributed by atoms with Crippen molar-refractivity contribution in [1.82, 2.24) is 4.90 Å². The molecule has 0 aromatic heterocycles. The van der Waals surface area contributed by atoms with Crippen LogP contribution in [0.2, 0.25) is 0 Å². The molecule has 0 unspecified atom stereocenters. The van der Waals surface area contributed by atoms with Gasteiger partial charge in [0.15, 0.2) is 0 Å². The molecule has 0 aliphatic heterocycles. The van der Waals surface area contributed by atoms with Gasteiger partial charge in [-0.15, -0.1) is 0 Å². The second kappa shape index (κ2) is 34.5. The Hall–Kier alpha value is -0.0400. The Labute approximate surface area is 263 Å². The van der Waals surface area contributed by atoms with Crippen molar-refractivity contribution in [2.75, 3.05) is 19.6 Å². The van der Waals surface area contributed by atoms with Gasteiger partial charge in [-0.2, -0.15) is 0 Å². The summed E-state index contributed by atoms with van der Waals surface area (Å²) >= 11 is 0. The molecule has 0 radical (unpaired) electrons. The number of nitrogens with zero attached hydrogens (tertiary/aromatic N) is 1. The highest BCUT2D eigenvalue weighted by Gasteiger charge is 2.05. The third-order valence-corrected chi connectivity index (χ3v) is 9.34. The summed E-state index contributed by atoms with van der Waals surface area (Å²) in [5.41, 5.74) is 0. The van der Waals surface area contributed by atoms with Gasteiger partial charge in [-0.25, -0.2) is 0 Å². The molecule has 0 amide bonds. The van der Waals surface area contributed by atoms with Crippen molar-refractivity contribution in [3.05, 3.63) is 0 Å². The third kappa shape index (κ3) is 36.1. The topological polar surface area (TPSA) is 3.24 Å². The van der Waals surface area contributed by atoms with Crippen molar-refractivity contribution in [1.29, 1.82) is 0 Å². The summed E-state index contributed by atoms with van der Waals surface area (Å²) in [7, 11) is 0. The van der Waals surface area contributed by atoms with E-state index in [2.05, 4.69) is 39.5 Å². The van der Waals surface area contributed by atoms with E-state index in [9.17, 15) is 0 Å². The maximum atomic E-state index is 2.85. The molecule has 0 rings (SSSR count). The summed E-state index contributed by atoms with van der Waals surface area (Å²) in [6.07, 6.45) is 43.7. The average Bonchev–Trinajstić information content (AvgIpc) is 2.94. The molecule has 1 heteroatoms.